The fourth-order valence-electron chi connectivity index (χ4n) is 3.33. The molecule has 0 atom stereocenters. The fourth-order valence-corrected chi connectivity index (χ4v) is 3.56. The first-order chi connectivity index (χ1) is 12.1. The number of nitrogens with zero attached hydrogens (tertiary/aromatic N) is 3. The highest BCUT2D eigenvalue weighted by atomic mass is 35.5. The summed E-state index contributed by atoms with van der Waals surface area (Å²) in [6.45, 7) is 8.66. The van der Waals surface area contributed by atoms with E-state index in [0.717, 1.165) is 50.3 Å². The molecule has 0 spiro atoms. The molecular weight excluding hydrogens is 336 g/mol. The summed E-state index contributed by atoms with van der Waals surface area (Å²) >= 11 is 5.95. The number of carbonyl (C=O) groups excluding carboxylic acids is 1. The van der Waals surface area contributed by atoms with Gasteiger partial charge in [-0.15, -0.1) is 0 Å². The van der Waals surface area contributed by atoms with E-state index < -0.39 is 0 Å². The molecule has 25 heavy (non-hydrogen) atoms. The third kappa shape index (κ3) is 4.41. The van der Waals surface area contributed by atoms with E-state index in [2.05, 4.69) is 33.0 Å². The summed E-state index contributed by atoms with van der Waals surface area (Å²) in [7, 11) is 0. The first kappa shape index (κ1) is 18.0. The van der Waals surface area contributed by atoms with Crippen LogP contribution in [0.15, 0.2) is 24.3 Å². The Bertz CT molecular complexity index is 756. The Morgan fingerprint density at radius 3 is 2.92 bits per heavy atom. The Hall–Kier alpha value is -1.85. The summed E-state index contributed by atoms with van der Waals surface area (Å²) in [5, 5.41) is 8.27. The number of hydrogen-bond acceptors (Lipinski definition) is 3. The zero-order valence-electron chi connectivity index (χ0n) is 14.9. The number of halogens is 1. The number of rotatable bonds is 5. The minimum Gasteiger partial charge on any atom is -0.346 e. The summed E-state index contributed by atoms with van der Waals surface area (Å²) in [6.07, 6.45) is 2.28. The van der Waals surface area contributed by atoms with Gasteiger partial charge in [0.1, 0.15) is 0 Å². The van der Waals surface area contributed by atoms with Crippen LogP contribution in [-0.4, -0.2) is 33.7 Å². The van der Waals surface area contributed by atoms with Crippen molar-refractivity contribution in [3.63, 3.8) is 0 Å². The Kier molecular flexibility index (Phi) is 5.76. The molecular formula is C19H25ClN4O. The first-order valence-electron chi connectivity index (χ1n) is 8.89. The van der Waals surface area contributed by atoms with E-state index >= 15 is 0 Å². The summed E-state index contributed by atoms with van der Waals surface area (Å²) in [5.74, 6) is -0.0926. The number of aryl methyl sites for hydroxylation is 2. The lowest BCUT2D eigenvalue weighted by molar-refractivity contribution is 0.0949. The Labute approximate surface area is 154 Å². The van der Waals surface area contributed by atoms with Crippen LogP contribution in [0.1, 0.15) is 47.1 Å². The van der Waals surface area contributed by atoms with E-state index in [0.29, 0.717) is 17.1 Å². The highest BCUT2D eigenvalue weighted by molar-refractivity contribution is 6.30. The van der Waals surface area contributed by atoms with Gasteiger partial charge in [0, 0.05) is 30.2 Å². The maximum atomic E-state index is 12.4. The minimum absolute atomic E-state index is 0.0926. The van der Waals surface area contributed by atoms with Crippen molar-refractivity contribution < 1.29 is 4.79 Å². The second kappa shape index (κ2) is 8.02. The zero-order chi connectivity index (χ0) is 17.8. The van der Waals surface area contributed by atoms with Crippen molar-refractivity contribution >= 4 is 17.5 Å². The molecule has 1 aromatic carbocycles. The minimum atomic E-state index is -0.0926. The molecule has 1 N–H and O–H groups in total. The molecule has 0 aliphatic carbocycles. The van der Waals surface area contributed by atoms with Crippen LogP contribution >= 0.6 is 11.6 Å². The second-order valence-electron chi connectivity index (χ2n) is 6.62. The molecule has 2 heterocycles. The summed E-state index contributed by atoms with van der Waals surface area (Å²) in [5.41, 5.74) is 3.67. The van der Waals surface area contributed by atoms with E-state index in [1.54, 1.807) is 18.2 Å². The van der Waals surface area contributed by atoms with E-state index in [4.69, 9.17) is 11.6 Å². The van der Waals surface area contributed by atoms with Crippen molar-refractivity contribution in [2.75, 3.05) is 13.1 Å². The number of aromatic nitrogens is 2. The van der Waals surface area contributed by atoms with Gasteiger partial charge >= 0.3 is 0 Å². The van der Waals surface area contributed by atoms with Gasteiger partial charge in [0.25, 0.3) is 5.91 Å². The van der Waals surface area contributed by atoms with Gasteiger partial charge in [-0.05, 0) is 56.1 Å². The van der Waals surface area contributed by atoms with Gasteiger partial charge in [-0.2, -0.15) is 5.10 Å². The van der Waals surface area contributed by atoms with Gasteiger partial charge in [-0.25, -0.2) is 0 Å². The standard InChI is InChI=1S/C19H25ClN4O/c1-3-7-23-8-4-9-24-17(13-23)11-16(22-24)12-21-19(25)18-6-5-15(20)10-14(18)2/h5-6,10-11H,3-4,7-9,12-13H2,1-2H3,(H,21,25). The van der Waals surface area contributed by atoms with E-state index in [1.807, 2.05) is 6.92 Å². The molecule has 134 valence electrons. The molecule has 0 unspecified atom stereocenters. The van der Waals surface area contributed by atoms with Gasteiger partial charge < -0.3 is 5.32 Å². The van der Waals surface area contributed by atoms with Crippen LogP contribution in [0.25, 0.3) is 0 Å². The number of nitrogens with one attached hydrogen (secondary N) is 1. The van der Waals surface area contributed by atoms with Crippen molar-refractivity contribution in [1.29, 1.82) is 0 Å². The van der Waals surface area contributed by atoms with E-state index in [-0.39, 0.29) is 5.91 Å². The lowest BCUT2D eigenvalue weighted by Crippen LogP contribution is -2.24. The average molecular weight is 361 g/mol. The fraction of sp³-hybridized carbons (Fsp3) is 0.474. The van der Waals surface area contributed by atoms with Crippen molar-refractivity contribution in [3.8, 4) is 0 Å². The maximum absolute atomic E-state index is 12.4. The molecule has 0 saturated heterocycles. The van der Waals surface area contributed by atoms with Crippen LogP contribution < -0.4 is 5.32 Å². The summed E-state index contributed by atoms with van der Waals surface area (Å²) < 4.78 is 2.09. The molecule has 1 aliphatic rings. The monoisotopic (exact) mass is 360 g/mol. The topological polar surface area (TPSA) is 50.2 Å². The molecule has 1 aromatic heterocycles. The molecule has 0 radical (unpaired) electrons. The summed E-state index contributed by atoms with van der Waals surface area (Å²) in [6, 6.07) is 7.42. The predicted octanol–water partition coefficient (Wildman–Crippen LogP) is 3.39. The highest BCUT2D eigenvalue weighted by Gasteiger charge is 2.16. The van der Waals surface area contributed by atoms with Gasteiger partial charge in [0.2, 0.25) is 0 Å². The van der Waals surface area contributed by atoms with Gasteiger partial charge in [0.05, 0.1) is 17.9 Å². The third-order valence-electron chi connectivity index (χ3n) is 4.55. The molecule has 1 aliphatic heterocycles. The Balaban J connectivity index is 1.64. The van der Waals surface area contributed by atoms with Crippen molar-refractivity contribution in [1.82, 2.24) is 20.0 Å². The lowest BCUT2D eigenvalue weighted by Gasteiger charge is -2.17. The van der Waals surface area contributed by atoms with Gasteiger partial charge in [-0.3, -0.25) is 14.4 Å². The number of hydrogen-bond donors (Lipinski definition) is 1. The Morgan fingerprint density at radius 1 is 1.32 bits per heavy atom. The quantitative estimate of drug-likeness (QED) is 0.889. The molecule has 6 heteroatoms. The van der Waals surface area contributed by atoms with Crippen LogP contribution in [-0.2, 0) is 19.6 Å². The van der Waals surface area contributed by atoms with Crippen molar-refractivity contribution in [2.24, 2.45) is 0 Å². The number of carbonyl (C=O) groups is 1. The zero-order valence-corrected chi connectivity index (χ0v) is 15.6. The number of fused-ring (bicyclic) bond motifs is 1. The smallest absolute Gasteiger partial charge is 0.251 e. The number of benzene rings is 1. The Morgan fingerprint density at radius 2 is 2.16 bits per heavy atom. The molecule has 0 bridgehead atoms. The van der Waals surface area contributed by atoms with Gasteiger partial charge in [-0.1, -0.05) is 18.5 Å². The van der Waals surface area contributed by atoms with Crippen LogP contribution in [0.2, 0.25) is 5.02 Å². The molecule has 1 amide bonds. The second-order valence-corrected chi connectivity index (χ2v) is 7.06. The van der Waals surface area contributed by atoms with Crippen LogP contribution in [0.5, 0.6) is 0 Å². The lowest BCUT2D eigenvalue weighted by atomic mass is 10.1. The largest absolute Gasteiger partial charge is 0.346 e. The molecule has 2 aromatic rings. The molecule has 3 rings (SSSR count). The summed E-state index contributed by atoms with van der Waals surface area (Å²) in [4.78, 5) is 14.9. The number of amides is 1. The van der Waals surface area contributed by atoms with Crippen molar-refractivity contribution in [3.05, 3.63) is 51.8 Å². The molecule has 0 saturated carbocycles. The van der Waals surface area contributed by atoms with E-state index in [1.165, 1.54) is 5.69 Å². The van der Waals surface area contributed by atoms with Gasteiger partial charge in [0.15, 0.2) is 0 Å². The SMILES string of the molecule is CCCN1CCCn2nc(CNC(=O)c3ccc(Cl)cc3C)cc2C1. The average Bonchev–Trinajstić information content (AvgIpc) is 2.85. The maximum Gasteiger partial charge on any atom is 0.251 e. The molecule has 5 nitrogen and oxygen atoms in total. The van der Waals surface area contributed by atoms with E-state index in [9.17, 15) is 4.79 Å². The first-order valence-corrected chi connectivity index (χ1v) is 9.27. The van der Waals surface area contributed by atoms with Crippen molar-refractivity contribution in [2.45, 2.75) is 46.3 Å². The normalized spacial score (nSPS) is 14.8. The molecule has 0 fully saturated rings. The third-order valence-corrected chi connectivity index (χ3v) is 4.78. The van der Waals surface area contributed by atoms with Crippen LogP contribution in [0.4, 0.5) is 0 Å². The highest BCUT2D eigenvalue weighted by Crippen LogP contribution is 2.16. The van der Waals surface area contributed by atoms with Crippen LogP contribution in [0.3, 0.4) is 0 Å². The predicted molar refractivity (Wildman–Crippen MR) is 99.8 cm³/mol. The van der Waals surface area contributed by atoms with Crippen LogP contribution in [0, 0.1) is 6.92 Å².